The normalized spacial score (nSPS) is 10.4. The predicted molar refractivity (Wildman–Crippen MR) is 78.2 cm³/mol. The van der Waals surface area contributed by atoms with Gasteiger partial charge in [0.1, 0.15) is 11.5 Å². The fourth-order valence-corrected chi connectivity index (χ4v) is 2.31. The lowest BCUT2D eigenvalue weighted by atomic mass is 10.2. The van der Waals surface area contributed by atoms with Crippen LogP contribution >= 0.6 is 15.9 Å². The molecule has 18 heavy (non-hydrogen) atoms. The Hall–Kier alpha value is -1.32. The summed E-state index contributed by atoms with van der Waals surface area (Å²) in [6.07, 6.45) is 0. The first-order valence-corrected chi connectivity index (χ1v) is 6.66. The summed E-state index contributed by atoms with van der Waals surface area (Å²) in [6, 6.07) is 14.2. The molecule has 0 fully saturated rings. The largest absolute Gasteiger partial charge is 0.456 e. The van der Waals surface area contributed by atoms with Gasteiger partial charge in [-0.2, -0.15) is 0 Å². The number of halogens is 1. The van der Waals surface area contributed by atoms with Crippen LogP contribution in [0.4, 0.5) is 0 Å². The van der Waals surface area contributed by atoms with Crippen molar-refractivity contribution in [2.45, 2.75) is 13.5 Å². The molecule has 0 saturated heterocycles. The Labute approximate surface area is 116 Å². The van der Waals surface area contributed by atoms with E-state index in [1.165, 1.54) is 11.1 Å². The standard InChI is InChI=1S/C15H16BrNO/c1-11-6-7-15(14(16)8-11)18-13-5-3-4-12(9-13)10-17-2/h3-9,17H,10H2,1-2H3. The van der Waals surface area contributed by atoms with Crippen LogP contribution in [-0.4, -0.2) is 7.05 Å². The number of benzene rings is 2. The van der Waals surface area contributed by atoms with Crippen molar-refractivity contribution in [3.8, 4) is 11.5 Å². The molecule has 0 aromatic heterocycles. The molecule has 0 radical (unpaired) electrons. The third-order valence-corrected chi connectivity index (χ3v) is 3.21. The Bertz CT molecular complexity index is 540. The molecule has 0 atom stereocenters. The highest BCUT2D eigenvalue weighted by atomic mass is 79.9. The summed E-state index contributed by atoms with van der Waals surface area (Å²) < 4.78 is 6.85. The Morgan fingerprint density at radius 1 is 1.17 bits per heavy atom. The first kappa shape index (κ1) is 13.1. The van der Waals surface area contributed by atoms with Crippen LogP contribution in [0.2, 0.25) is 0 Å². The molecule has 3 heteroatoms. The van der Waals surface area contributed by atoms with Crippen LogP contribution in [0.3, 0.4) is 0 Å². The lowest BCUT2D eigenvalue weighted by Gasteiger charge is -2.09. The van der Waals surface area contributed by atoms with E-state index >= 15 is 0 Å². The maximum Gasteiger partial charge on any atom is 0.141 e. The number of hydrogen-bond donors (Lipinski definition) is 1. The summed E-state index contributed by atoms with van der Waals surface area (Å²) in [4.78, 5) is 0. The van der Waals surface area contributed by atoms with E-state index in [0.29, 0.717) is 0 Å². The van der Waals surface area contributed by atoms with Crippen molar-refractivity contribution in [2.24, 2.45) is 0 Å². The maximum absolute atomic E-state index is 5.88. The molecule has 2 aromatic carbocycles. The second-order valence-corrected chi connectivity index (χ2v) is 5.07. The first-order chi connectivity index (χ1) is 8.69. The zero-order chi connectivity index (χ0) is 13.0. The van der Waals surface area contributed by atoms with Crippen molar-refractivity contribution in [3.05, 3.63) is 58.1 Å². The van der Waals surface area contributed by atoms with Crippen LogP contribution < -0.4 is 10.1 Å². The third kappa shape index (κ3) is 3.34. The van der Waals surface area contributed by atoms with Crippen molar-refractivity contribution in [1.82, 2.24) is 5.32 Å². The lowest BCUT2D eigenvalue weighted by Crippen LogP contribution is -2.04. The van der Waals surface area contributed by atoms with E-state index in [0.717, 1.165) is 22.5 Å². The Balaban J connectivity index is 2.20. The van der Waals surface area contributed by atoms with E-state index in [4.69, 9.17) is 4.74 Å². The van der Waals surface area contributed by atoms with Gasteiger partial charge in [0.15, 0.2) is 0 Å². The second-order valence-electron chi connectivity index (χ2n) is 4.21. The van der Waals surface area contributed by atoms with Crippen molar-refractivity contribution in [3.63, 3.8) is 0 Å². The predicted octanol–water partition coefficient (Wildman–Crippen LogP) is 4.27. The number of ether oxygens (including phenoxy) is 1. The lowest BCUT2D eigenvalue weighted by molar-refractivity contribution is 0.478. The van der Waals surface area contributed by atoms with Gasteiger partial charge in [0.25, 0.3) is 0 Å². The van der Waals surface area contributed by atoms with Gasteiger partial charge in [0, 0.05) is 6.54 Å². The Kier molecular flexibility index (Phi) is 4.39. The zero-order valence-electron chi connectivity index (χ0n) is 10.5. The molecule has 1 N–H and O–H groups in total. The van der Waals surface area contributed by atoms with Gasteiger partial charge >= 0.3 is 0 Å². The van der Waals surface area contributed by atoms with Gasteiger partial charge < -0.3 is 10.1 Å². The van der Waals surface area contributed by atoms with Crippen LogP contribution in [0, 0.1) is 6.92 Å². The molecule has 2 nitrogen and oxygen atoms in total. The van der Waals surface area contributed by atoms with Gasteiger partial charge in [0.2, 0.25) is 0 Å². The summed E-state index contributed by atoms with van der Waals surface area (Å²) in [5.41, 5.74) is 2.41. The number of aryl methyl sites for hydroxylation is 1. The van der Waals surface area contributed by atoms with E-state index in [9.17, 15) is 0 Å². The van der Waals surface area contributed by atoms with Gasteiger partial charge in [-0.1, -0.05) is 18.2 Å². The number of hydrogen-bond acceptors (Lipinski definition) is 2. The molecule has 0 saturated carbocycles. The average molecular weight is 306 g/mol. The molecule has 0 amide bonds. The minimum absolute atomic E-state index is 0.835. The van der Waals surface area contributed by atoms with E-state index in [1.807, 2.05) is 43.4 Å². The molecule has 0 aliphatic rings. The van der Waals surface area contributed by atoms with Crippen LogP contribution in [0.25, 0.3) is 0 Å². The monoisotopic (exact) mass is 305 g/mol. The smallest absolute Gasteiger partial charge is 0.141 e. The van der Waals surface area contributed by atoms with E-state index in [2.05, 4.69) is 34.2 Å². The zero-order valence-corrected chi connectivity index (χ0v) is 12.1. The van der Waals surface area contributed by atoms with Crippen LogP contribution in [0.1, 0.15) is 11.1 Å². The highest BCUT2D eigenvalue weighted by Crippen LogP contribution is 2.30. The maximum atomic E-state index is 5.88. The van der Waals surface area contributed by atoms with Gasteiger partial charge in [-0.3, -0.25) is 0 Å². The van der Waals surface area contributed by atoms with E-state index in [1.54, 1.807) is 0 Å². The highest BCUT2D eigenvalue weighted by Gasteiger charge is 2.03. The summed E-state index contributed by atoms with van der Waals surface area (Å²) in [5, 5.41) is 3.13. The van der Waals surface area contributed by atoms with Crippen LogP contribution in [0.5, 0.6) is 11.5 Å². The highest BCUT2D eigenvalue weighted by molar-refractivity contribution is 9.10. The minimum Gasteiger partial charge on any atom is -0.456 e. The molecule has 0 aliphatic heterocycles. The fourth-order valence-electron chi connectivity index (χ4n) is 1.74. The van der Waals surface area contributed by atoms with Crippen molar-refractivity contribution >= 4 is 15.9 Å². The average Bonchev–Trinajstić information content (AvgIpc) is 2.34. The van der Waals surface area contributed by atoms with Gasteiger partial charge in [0.05, 0.1) is 4.47 Å². The van der Waals surface area contributed by atoms with Crippen molar-refractivity contribution in [2.75, 3.05) is 7.05 Å². The quantitative estimate of drug-likeness (QED) is 0.911. The van der Waals surface area contributed by atoms with Gasteiger partial charge in [-0.15, -0.1) is 0 Å². The fraction of sp³-hybridized carbons (Fsp3) is 0.200. The first-order valence-electron chi connectivity index (χ1n) is 5.86. The summed E-state index contributed by atoms with van der Waals surface area (Å²) in [7, 11) is 1.93. The molecule has 0 unspecified atom stereocenters. The second kappa shape index (κ2) is 6.03. The molecule has 0 aliphatic carbocycles. The van der Waals surface area contributed by atoms with E-state index < -0.39 is 0 Å². The summed E-state index contributed by atoms with van der Waals surface area (Å²) in [6.45, 7) is 2.90. The molecular weight excluding hydrogens is 290 g/mol. The van der Waals surface area contributed by atoms with Gasteiger partial charge in [-0.05, 0) is 65.3 Å². The van der Waals surface area contributed by atoms with Crippen molar-refractivity contribution < 1.29 is 4.74 Å². The SMILES string of the molecule is CNCc1cccc(Oc2ccc(C)cc2Br)c1. The number of nitrogens with one attached hydrogen (secondary N) is 1. The van der Waals surface area contributed by atoms with Gasteiger partial charge in [-0.25, -0.2) is 0 Å². The molecule has 0 bridgehead atoms. The molecule has 0 heterocycles. The molecule has 94 valence electrons. The molecule has 0 spiro atoms. The third-order valence-electron chi connectivity index (χ3n) is 2.59. The summed E-state index contributed by atoms with van der Waals surface area (Å²) >= 11 is 3.52. The van der Waals surface area contributed by atoms with Crippen molar-refractivity contribution in [1.29, 1.82) is 0 Å². The molecular formula is C15H16BrNO. The molecule has 2 aromatic rings. The minimum atomic E-state index is 0.835. The topological polar surface area (TPSA) is 21.3 Å². The Morgan fingerprint density at radius 3 is 2.72 bits per heavy atom. The van der Waals surface area contributed by atoms with Crippen LogP contribution in [0.15, 0.2) is 46.9 Å². The number of rotatable bonds is 4. The van der Waals surface area contributed by atoms with E-state index in [-0.39, 0.29) is 0 Å². The summed E-state index contributed by atoms with van der Waals surface area (Å²) in [5.74, 6) is 1.69. The molecule has 2 rings (SSSR count). The van der Waals surface area contributed by atoms with Crippen LogP contribution in [-0.2, 0) is 6.54 Å². The Morgan fingerprint density at radius 2 is 2.00 bits per heavy atom.